The van der Waals surface area contributed by atoms with Crippen molar-refractivity contribution in [3.05, 3.63) is 94.3 Å². The lowest BCUT2D eigenvalue weighted by Crippen LogP contribution is -2.24. The van der Waals surface area contributed by atoms with E-state index in [9.17, 15) is 18.0 Å². The number of methoxy groups -OCH3 is 1. The summed E-state index contributed by atoms with van der Waals surface area (Å²) in [6, 6.07) is 18.4. The van der Waals surface area contributed by atoms with E-state index in [1.165, 1.54) is 23.9 Å². The van der Waals surface area contributed by atoms with Crippen LogP contribution in [0.4, 0.5) is 5.69 Å². The highest BCUT2D eigenvalue weighted by atomic mass is 32.2. The van der Waals surface area contributed by atoms with Crippen LogP contribution >= 0.6 is 0 Å². The predicted molar refractivity (Wildman–Crippen MR) is 131 cm³/mol. The van der Waals surface area contributed by atoms with Crippen molar-refractivity contribution < 1.29 is 17.9 Å². The molecule has 0 aliphatic carbocycles. The Morgan fingerprint density at radius 2 is 1.68 bits per heavy atom. The highest BCUT2D eigenvalue weighted by molar-refractivity contribution is 7.91. The molecular weight excluding hydrogens is 452 g/mol. The van der Waals surface area contributed by atoms with Crippen LogP contribution in [-0.2, 0) is 21.2 Å². The summed E-state index contributed by atoms with van der Waals surface area (Å²) >= 11 is 0. The van der Waals surface area contributed by atoms with Crippen LogP contribution in [0.2, 0.25) is 0 Å². The van der Waals surface area contributed by atoms with Crippen molar-refractivity contribution in [3.63, 3.8) is 0 Å². The summed E-state index contributed by atoms with van der Waals surface area (Å²) < 4.78 is 33.6. The molecule has 1 amide bonds. The van der Waals surface area contributed by atoms with Gasteiger partial charge in [-0.3, -0.25) is 9.59 Å². The van der Waals surface area contributed by atoms with Crippen LogP contribution in [0, 0.1) is 13.8 Å². The minimum absolute atomic E-state index is 0.0352. The Labute approximate surface area is 197 Å². The molecule has 0 spiro atoms. The zero-order valence-corrected chi connectivity index (χ0v) is 19.8. The fourth-order valence-electron chi connectivity index (χ4n) is 3.74. The minimum atomic E-state index is -4.11. The second-order valence-electron chi connectivity index (χ2n) is 7.97. The molecule has 0 unspecified atom stereocenters. The Kier molecular flexibility index (Phi) is 6.26. The molecule has 3 aromatic carbocycles. The zero-order chi connectivity index (χ0) is 24.5. The van der Waals surface area contributed by atoms with Gasteiger partial charge in [-0.05, 0) is 61.4 Å². The Bertz CT molecular complexity index is 1570. The molecular formula is C26H24N2O5S. The summed E-state index contributed by atoms with van der Waals surface area (Å²) in [5, 5.41) is 3.00. The van der Waals surface area contributed by atoms with Gasteiger partial charge in [-0.2, -0.15) is 0 Å². The number of nitrogens with zero attached hydrogens (tertiary/aromatic N) is 1. The average molecular weight is 477 g/mol. The first-order valence-electron chi connectivity index (χ1n) is 10.6. The van der Waals surface area contributed by atoms with E-state index < -0.39 is 21.2 Å². The molecule has 0 saturated carbocycles. The van der Waals surface area contributed by atoms with Gasteiger partial charge in [0.2, 0.25) is 21.2 Å². The number of hydrogen-bond donors (Lipinski definition) is 1. The molecule has 7 nitrogen and oxygen atoms in total. The summed E-state index contributed by atoms with van der Waals surface area (Å²) in [4.78, 5) is 25.7. The number of aryl methyl sites for hydroxylation is 2. The molecule has 4 aromatic rings. The predicted octanol–water partition coefficient (Wildman–Crippen LogP) is 4.10. The van der Waals surface area contributed by atoms with Crippen LogP contribution in [0.15, 0.2) is 87.5 Å². The molecule has 0 fully saturated rings. The van der Waals surface area contributed by atoms with Crippen molar-refractivity contribution in [1.29, 1.82) is 0 Å². The van der Waals surface area contributed by atoms with Gasteiger partial charge in [0.15, 0.2) is 0 Å². The number of para-hydroxylation sites is 3. The highest BCUT2D eigenvalue weighted by Crippen LogP contribution is 2.25. The van der Waals surface area contributed by atoms with Gasteiger partial charge in [-0.15, -0.1) is 0 Å². The first-order chi connectivity index (χ1) is 16.2. The largest absolute Gasteiger partial charge is 0.495 e. The Hall–Kier alpha value is -3.91. The number of sulfone groups is 1. The number of anilines is 1. The monoisotopic (exact) mass is 476 g/mol. The maximum atomic E-state index is 13.4. The van der Waals surface area contributed by atoms with Crippen LogP contribution in [0.5, 0.6) is 5.75 Å². The van der Waals surface area contributed by atoms with Crippen LogP contribution in [-0.4, -0.2) is 26.0 Å². The van der Waals surface area contributed by atoms with Crippen molar-refractivity contribution in [2.75, 3.05) is 12.4 Å². The third-order valence-corrected chi connectivity index (χ3v) is 7.47. The van der Waals surface area contributed by atoms with Crippen molar-refractivity contribution in [1.82, 2.24) is 4.57 Å². The summed E-state index contributed by atoms with van der Waals surface area (Å²) in [7, 11) is -2.61. The Morgan fingerprint density at radius 1 is 0.971 bits per heavy atom. The zero-order valence-electron chi connectivity index (χ0n) is 19.0. The van der Waals surface area contributed by atoms with Crippen molar-refractivity contribution in [2.24, 2.45) is 0 Å². The summed E-state index contributed by atoms with van der Waals surface area (Å²) in [6.45, 7) is 3.50. The van der Waals surface area contributed by atoms with E-state index in [1.807, 2.05) is 13.8 Å². The topological polar surface area (TPSA) is 94.5 Å². The van der Waals surface area contributed by atoms with E-state index in [-0.39, 0.29) is 21.7 Å². The van der Waals surface area contributed by atoms with E-state index in [0.717, 1.165) is 11.1 Å². The smallest absolute Gasteiger partial charge is 0.244 e. The Balaban J connectivity index is 1.80. The van der Waals surface area contributed by atoms with E-state index >= 15 is 0 Å². The molecule has 0 bridgehead atoms. The second kappa shape index (κ2) is 9.15. The first-order valence-corrected chi connectivity index (χ1v) is 12.1. The van der Waals surface area contributed by atoms with Crippen LogP contribution in [0.25, 0.3) is 10.9 Å². The molecule has 1 aromatic heterocycles. The van der Waals surface area contributed by atoms with Gasteiger partial charge in [0.05, 0.1) is 23.2 Å². The number of pyridine rings is 1. The fourth-order valence-corrected chi connectivity index (χ4v) is 5.19. The molecule has 34 heavy (non-hydrogen) atoms. The van der Waals surface area contributed by atoms with Gasteiger partial charge in [0, 0.05) is 11.6 Å². The standard InChI is InChI=1S/C26H24N2O5S/c1-17-12-13-19(14-18(17)2)34(31,32)24-15-28(22-10-6-4-8-20(22)26(24)30)16-25(29)27-21-9-5-7-11-23(21)33-3/h4-15H,16H2,1-3H3,(H,27,29). The molecule has 1 heterocycles. The maximum Gasteiger partial charge on any atom is 0.244 e. The van der Waals surface area contributed by atoms with Crippen LogP contribution in [0.1, 0.15) is 11.1 Å². The molecule has 174 valence electrons. The van der Waals surface area contributed by atoms with Crippen LogP contribution < -0.4 is 15.5 Å². The van der Waals surface area contributed by atoms with E-state index in [4.69, 9.17) is 4.74 Å². The minimum Gasteiger partial charge on any atom is -0.495 e. The maximum absolute atomic E-state index is 13.4. The number of benzene rings is 3. The van der Waals surface area contributed by atoms with Gasteiger partial charge in [-0.1, -0.05) is 30.3 Å². The lowest BCUT2D eigenvalue weighted by molar-refractivity contribution is -0.116. The summed E-state index contributed by atoms with van der Waals surface area (Å²) in [6.07, 6.45) is 1.25. The van der Waals surface area contributed by atoms with Crippen molar-refractivity contribution >= 4 is 32.3 Å². The summed E-state index contributed by atoms with van der Waals surface area (Å²) in [5.74, 6) is 0.103. The molecule has 0 radical (unpaired) electrons. The van der Waals surface area contributed by atoms with Gasteiger partial charge < -0.3 is 14.6 Å². The Morgan fingerprint density at radius 3 is 2.41 bits per heavy atom. The molecule has 0 saturated heterocycles. The number of carbonyl (C=O) groups excluding carboxylic acids is 1. The number of fused-ring (bicyclic) bond motifs is 1. The SMILES string of the molecule is COc1ccccc1NC(=O)Cn1cc(S(=O)(=O)c2ccc(C)c(C)c2)c(=O)c2ccccc21. The molecule has 1 N–H and O–H groups in total. The quantitative estimate of drug-likeness (QED) is 0.452. The fraction of sp³-hybridized carbons (Fsp3) is 0.154. The van der Waals surface area contributed by atoms with E-state index in [2.05, 4.69) is 5.32 Å². The van der Waals surface area contributed by atoms with Crippen molar-refractivity contribution in [2.45, 2.75) is 30.2 Å². The molecule has 0 aliphatic heterocycles. The summed E-state index contributed by atoms with van der Waals surface area (Å²) in [5.41, 5.74) is 2.10. The normalized spacial score (nSPS) is 11.4. The third kappa shape index (κ3) is 4.32. The highest BCUT2D eigenvalue weighted by Gasteiger charge is 2.24. The number of nitrogens with one attached hydrogen (secondary N) is 1. The number of hydrogen-bond acceptors (Lipinski definition) is 5. The lowest BCUT2D eigenvalue weighted by atomic mass is 10.1. The lowest BCUT2D eigenvalue weighted by Gasteiger charge is -2.15. The van der Waals surface area contributed by atoms with Crippen molar-refractivity contribution in [3.8, 4) is 5.75 Å². The van der Waals surface area contributed by atoms with Gasteiger partial charge in [0.25, 0.3) is 0 Å². The number of aromatic nitrogens is 1. The molecule has 8 heteroatoms. The van der Waals surface area contributed by atoms with Gasteiger partial charge in [0.1, 0.15) is 17.2 Å². The first kappa shape index (κ1) is 23.3. The molecule has 0 atom stereocenters. The van der Waals surface area contributed by atoms with E-state index in [1.54, 1.807) is 60.7 Å². The second-order valence-corrected chi connectivity index (χ2v) is 9.88. The number of amides is 1. The average Bonchev–Trinajstić information content (AvgIpc) is 2.82. The van der Waals surface area contributed by atoms with Gasteiger partial charge >= 0.3 is 0 Å². The molecule has 4 rings (SSSR count). The van der Waals surface area contributed by atoms with E-state index in [0.29, 0.717) is 17.0 Å². The van der Waals surface area contributed by atoms with Crippen LogP contribution in [0.3, 0.4) is 0 Å². The van der Waals surface area contributed by atoms with Gasteiger partial charge in [-0.25, -0.2) is 8.42 Å². The third-order valence-electron chi connectivity index (χ3n) is 5.73. The molecule has 0 aliphatic rings. The number of carbonyl (C=O) groups is 1. The number of rotatable bonds is 6. The number of ether oxygens (including phenoxy) is 1.